The Balaban J connectivity index is 2.44. The van der Waals surface area contributed by atoms with Crippen LogP contribution < -0.4 is 5.32 Å². The Labute approximate surface area is 106 Å². The molecular formula is C13H17NO4. The Kier molecular flexibility index (Phi) is 5.87. The third-order valence-corrected chi connectivity index (χ3v) is 2.40. The summed E-state index contributed by atoms with van der Waals surface area (Å²) in [6, 6.07) is 6.19. The van der Waals surface area contributed by atoms with Crippen LogP contribution in [-0.4, -0.2) is 30.7 Å². The third kappa shape index (κ3) is 4.97. The second-order valence-electron chi connectivity index (χ2n) is 3.88. The highest BCUT2D eigenvalue weighted by Gasteiger charge is 2.06. The fourth-order valence-electron chi connectivity index (χ4n) is 1.49. The quantitative estimate of drug-likeness (QED) is 0.728. The molecule has 0 unspecified atom stereocenters. The van der Waals surface area contributed by atoms with Gasteiger partial charge in [0.25, 0.3) is 0 Å². The van der Waals surface area contributed by atoms with Crippen LogP contribution in [0.3, 0.4) is 0 Å². The molecule has 0 heterocycles. The standard InChI is InChI=1S/C13H17NO4/c1-18-8-3-2-7-12(15)14-11-6-4-5-10(9-11)13(16)17/h4-6,9H,2-3,7-8H2,1H3,(H,14,15)(H,16,17). The number of benzene rings is 1. The van der Waals surface area contributed by atoms with E-state index in [1.54, 1.807) is 19.2 Å². The smallest absolute Gasteiger partial charge is 0.335 e. The molecule has 5 heteroatoms. The lowest BCUT2D eigenvalue weighted by atomic mass is 10.2. The van der Waals surface area contributed by atoms with E-state index >= 15 is 0 Å². The van der Waals surface area contributed by atoms with Gasteiger partial charge in [0.1, 0.15) is 0 Å². The number of hydrogen-bond acceptors (Lipinski definition) is 3. The summed E-state index contributed by atoms with van der Waals surface area (Å²) in [5, 5.41) is 11.5. The van der Waals surface area contributed by atoms with E-state index in [4.69, 9.17) is 9.84 Å². The van der Waals surface area contributed by atoms with Crippen molar-refractivity contribution < 1.29 is 19.4 Å². The Bertz CT molecular complexity index is 417. The number of nitrogens with one attached hydrogen (secondary N) is 1. The van der Waals surface area contributed by atoms with Crippen LogP contribution in [0.2, 0.25) is 0 Å². The minimum absolute atomic E-state index is 0.117. The Morgan fingerprint density at radius 1 is 1.33 bits per heavy atom. The van der Waals surface area contributed by atoms with Gasteiger partial charge in [0, 0.05) is 25.8 Å². The van der Waals surface area contributed by atoms with Gasteiger partial charge in [0.05, 0.1) is 5.56 Å². The fraction of sp³-hybridized carbons (Fsp3) is 0.385. The number of anilines is 1. The summed E-state index contributed by atoms with van der Waals surface area (Å²) in [4.78, 5) is 22.3. The van der Waals surface area contributed by atoms with Crippen LogP contribution in [0.1, 0.15) is 29.6 Å². The molecule has 0 atom stereocenters. The Morgan fingerprint density at radius 3 is 2.78 bits per heavy atom. The minimum Gasteiger partial charge on any atom is -0.478 e. The van der Waals surface area contributed by atoms with Crippen molar-refractivity contribution >= 4 is 17.6 Å². The normalized spacial score (nSPS) is 10.1. The molecule has 1 aromatic carbocycles. The number of methoxy groups -OCH3 is 1. The van der Waals surface area contributed by atoms with Crippen molar-refractivity contribution in [2.45, 2.75) is 19.3 Å². The molecule has 0 saturated heterocycles. The van der Waals surface area contributed by atoms with Crippen LogP contribution >= 0.6 is 0 Å². The SMILES string of the molecule is COCCCCC(=O)Nc1cccc(C(=O)O)c1. The van der Waals surface area contributed by atoms with Crippen LogP contribution in [0.25, 0.3) is 0 Å². The van der Waals surface area contributed by atoms with Gasteiger partial charge in [-0.2, -0.15) is 0 Å². The molecule has 2 N–H and O–H groups in total. The van der Waals surface area contributed by atoms with Crippen LogP contribution in [0, 0.1) is 0 Å². The second kappa shape index (κ2) is 7.45. The van der Waals surface area contributed by atoms with Crippen LogP contribution in [0.4, 0.5) is 5.69 Å². The highest BCUT2D eigenvalue weighted by Crippen LogP contribution is 2.11. The first kappa shape index (κ1) is 14.2. The maximum atomic E-state index is 11.6. The zero-order chi connectivity index (χ0) is 13.4. The number of carbonyl (C=O) groups excluding carboxylic acids is 1. The van der Waals surface area contributed by atoms with Crippen molar-refractivity contribution in [2.75, 3.05) is 19.0 Å². The number of rotatable bonds is 7. The number of hydrogen-bond donors (Lipinski definition) is 2. The predicted molar refractivity (Wildman–Crippen MR) is 67.8 cm³/mol. The summed E-state index contributed by atoms with van der Waals surface area (Å²) in [6.45, 7) is 0.641. The van der Waals surface area contributed by atoms with Gasteiger partial charge in [-0.15, -0.1) is 0 Å². The Hall–Kier alpha value is -1.88. The summed E-state index contributed by atoms with van der Waals surface area (Å²) in [7, 11) is 1.62. The van der Waals surface area contributed by atoms with Gasteiger partial charge < -0.3 is 15.2 Å². The molecular weight excluding hydrogens is 234 g/mol. The summed E-state index contributed by atoms with van der Waals surface area (Å²) in [5.41, 5.74) is 0.666. The van der Waals surface area contributed by atoms with E-state index in [9.17, 15) is 9.59 Å². The topological polar surface area (TPSA) is 75.6 Å². The minimum atomic E-state index is -1.01. The van der Waals surface area contributed by atoms with Crippen LogP contribution in [-0.2, 0) is 9.53 Å². The van der Waals surface area contributed by atoms with E-state index in [0.717, 1.165) is 12.8 Å². The highest BCUT2D eigenvalue weighted by atomic mass is 16.5. The summed E-state index contributed by atoms with van der Waals surface area (Å²) >= 11 is 0. The lowest BCUT2D eigenvalue weighted by Crippen LogP contribution is -2.12. The maximum absolute atomic E-state index is 11.6. The number of ether oxygens (including phenoxy) is 1. The average Bonchev–Trinajstić information content (AvgIpc) is 2.35. The molecule has 98 valence electrons. The second-order valence-corrected chi connectivity index (χ2v) is 3.88. The lowest BCUT2D eigenvalue weighted by molar-refractivity contribution is -0.116. The molecule has 0 aliphatic heterocycles. The number of carboxylic acids is 1. The Morgan fingerprint density at radius 2 is 2.11 bits per heavy atom. The van der Waals surface area contributed by atoms with E-state index in [2.05, 4.69) is 5.32 Å². The van der Waals surface area contributed by atoms with Gasteiger partial charge >= 0.3 is 5.97 Å². The summed E-state index contributed by atoms with van der Waals surface area (Å²) < 4.78 is 4.89. The van der Waals surface area contributed by atoms with E-state index in [-0.39, 0.29) is 11.5 Å². The van der Waals surface area contributed by atoms with Crippen molar-refractivity contribution in [3.8, 4) is 0 Å². The van der Waals surface area contributed by atoms with Crippen LogP contribution in [0.5, 0.6) is 0 Å². The summed E-state index contributed by atoms with van der Waals surface area (Å²) in [6.07, 6.45) is 1.98. The van der Waals surface area contributed by atoms with Crippen molar-refractivity contribution in [1.29, 1.82) is 0 Å². The molecule has 1 aromatic rings. The monoisotopic (exact) mass is 251 g/mol. The van der Waals surface area contributed by atoms with Crippen molar-refractivity contribution in [3.63, 3.8) is 0 Å². The first-order valence-electron chi connectivity index (χ1n) is 5.75. The number of aromatic carboxylic acids is 1. The molecule has 0 bridgehead atoms. The molecule has 0 saturated carbocycles. The van der Waals surface area contributed by atoms with E-state index in [0.29, 0.717) is 18.7 Å². The van der Waals surface area contributed by atoms with Gasteiger partial charge in [0.2, 0.25) is 5.91 Å². The first-order chi connectivity index (χ1) is 8.63. The number of amides is 1. The molecule has 0 aliphatic carbocycles. The van der Waals surface area contributed by atoms with Gasteiger partial charge in [-0.3, -0.25) is 4.79 Å². The number of unbranched alkanes of at least 4 members (excludes halogenated alkanes) is 1. The fourth-order valence-corrected chi connectivity index (χ4v) is 1.49. The maximum Gasteiger partial charge on any atom is 0.335 e. The molecule has 1 rings (SSSR count). The van der Waals surface area contributed by atoms with Crippen molar-refractivity contribution in [3.05, 3.63) is 29.8 Å². The predicted octanol–water partition coefficient (Wildman–Crippen LogP) is 2.14. The zero-order valence-corrected chi connectivity index (χ0v) is 10.3. The number of carbonyl (C=O) groups is 2. The molecule has 1 amide bonds. The highest BCUT2D eigenvalue weighted by molar-refractivity contribution is 5.93. The summed E-state index contributed by atoms with van der Waals surface area (Å²) in [5.74, 6) is -1.13. The molecule has 0 fully saturated rings. The zero-order valence-electron chi connectivity index (χ0n) is 10.3. The van der Waals surface area contributed by atoms with Gasteiger partial charge in [-0.05, 0) is 31.0 Å². The lowest BCUT2D eigenvalue weighted by Gasteiger charge is -2.05. The molecule has 0 aromatic heterocycles. The molecule has 18 heavy (non-hydrogen) atoms. The number of carboxylic acid groups (broad SMARTS) is 1. The molecule has 0 aliphatic rings. The van der Waals surface area contributed by atoms with E-state index in [1.807, 2.05) is 0 Å². The molecule has 0 spiro atoms. The van der Waals surface area contributed by atoms with Crippen molar-refractivity contribution in [2.24, 2.45) is 0 Å². The largest absolute Gasteiger partial charge is 0.478 e. The van der Waals surface area contributed by atoms with E-state index < -0.39 is 5.97 Å². The van der Waals surface area contributed by atoms with Crippen molar-refractivity contribution in [1.82, 2.24) is 0 Å². The molecule has 0 radical (unpaired) electrons. The third-order valence-electron chi connectivity index (χ3n) is 2.40. The van der Waals surface area contributed by atoms with E-state index in [1.165, 1.54) is 12.1 Å². The average molecular weight is 251 g/mol. The van der Waals surface area contributed by atoms with Gasteiger partial charge in [0.15, 0.2) is 0 Å². The molecule has 5 nitrogen and oxygen atoms in total. The van der Waals surface area contributed by atoms with Gasteiger partial charge in [-0.25, -0.2) is 4.79 Å². The van der Waals surface area contributed by atoms with Gasteiger partial charge in [-0.1, -0.05) is 6.07 Å². The van der Waals surface area contributed by atoms with Crippen LogP contribution in [0.15, 0.2) is 24.3 Å². The first-order valence-corrected chi connectivity index (χ1v) is 5.75.